The number of ether oxygens (including phenoxy) is 1. The average Bonchev–Trinajstić information content (AvgIpc) is 2.05. The highest BCUT2D eigenvalue weighted by Crippen LogP contribution is 2.18. The van der Waals surface area contributed by atoms with Gasteiger partial charge in [0.25, 0.3) is 0 Å². The number of hydrogen-bond acceptors (Lipinski definition) is 2. The summed E-state index contributed by atoms with van der Waals surface area (Å²) in [6.45, 7) is 7.68. The van der Waals surface area contributed by atoms with E-state index in [1.54, 1.807) is 0 Å². The van der Waals surface area contributed by atoms with Gasteiger partial charge in [-0.1, -0.05) is 6.92 Å². The molecule has 2 unspecified atom stereocenters. The van der Waals surface area contributed by atoms with Crippen molar-refractivity contribution in [3.05, 3.63) is 0 Å². The molecule has 2 heteroatoms. The Hall–Kier alpha value is -0.0800. The molecule has 0 aliphatic carbocycles. The molecule has 2 atom stereocenters. The van der Waals surface area contributed by atoms with E-state index >= 15 is 0 Å². The quantitative estimate of drug-likeness (QED) is 0.651. The summed E-state index contributed by atoms with van der Waals surface area (Å²) in [6.07, 6.45) is 4.18. The first-order chi connectivity index (χ1) is 5.83. The minimum atomic E-state index is 0.479. The Balaban J connectivity index is 2.06. The van der Waals surface area contributed by atoms with Crippen molar-refractivity contribution in [3.63, 3.8) is 0 Å². The summed E-state index contributed by atoms with van der Waals surface area (Å²) in [4.78, 5) is 0. The molecular formula is C10H21NO. The van der Waals surface area contributed by atoms with Crippen LogP contribution in [0.15, 0.2) is 0 Å². The van der Waals surface area contributed by atoms with Crippen LogP contribution in [0.25, 0.3) is 0 Å². The average molecular weight is 171 g/mol. The van der Waals surface area contributed by atoms with Crippen LogP contribution in [0.5, 0.6) is 0 Å². The summed E-state index contributed by atoms with van der Waals surface area (Å²) in [6, 6.07) is 0. The van der Waals surface area contributed by atoms with Gasteiger partial charge in [0.1, 0.15) is 0 Å². The maximum Gasteiger partial charge on any atom is 0.0550 e. The van der Waals surface area contributed by atoms with Crippen molar-refractivity contribution in [3.8, 4) is 0 Å². The Labute approximate surface area is 75.7 Å². The van der Waals surface area contributed by atoms with Gasteiger partial charge in [0.15, 0.2) is 0 Å². The number of hydrogen-bond donors (Lipinski definition) is 1. The van der Waals surface area contributed by atoms with Crippen molar-refractivity contribution in [1.82, 2.24) is 5.32 Å². The molecule has 0 spiro atoms. The molecule has 1 saturated heterocycles. The molecule has 1 aliphatic heterocycles. The van der Waals surface area contributed by atoms with E-state index in [0.717, 1.165) is 19.1 Å². The molecule has 2 nitrogen and oxygen atoms in total. The zero-order valence-corrected chi connectivity index (χ0v) is 8.31. The van der Waals surface area contributed by atoms with Crippen LogP contribution in [0.4, 0.5) is 0 Å². The van der Waals surface area contributed by atoms with E-state index in [9.17, 15) is 0 Å². The normalized spacial score (nSPS) is 30.5. The van der Waals surface area contributed by atoms with Crippen LogP contribution in [0, 0.1) is 5.92 Å². The van der Waals surface area contributed by atoms with Crippen LogP contribution in [0.1, 0.15) is 33.1 Å². The molecule has 0 radical (unpaired) electrons. The van der Waals surface area contributed by atoms with Crippen LogP contribution in [-0.4, -0.2) is 25.8 Å². The SMILES string of the molecule is CCCNCC1CCOC(C)C1. The third-order valence-electron chi connectivity index (χ3n) is 2.45. The first-order valence-electron chi connectivity index (χ1n) is 5.15. The zero-order chi connectivity index (χ0) is 8.81. The molecule has 1 fully saturated rings. The van der Waals surface area contributed by atoms with Gasteiger partial charge < -0.3 is 10.1 Å². The Morgan fingerprint density at radius 3 is 3.00 bits per heavy atom. The Kier molecular flexibility index (Phi) is 4.62. The van der Waals surface area contributed by atoms with Crippen molar-refractivity contribution in [2.24, 2.45) is 5.92 Å². The van der Waals surface area contributed by atoms with E-state index in [1.165, 1.54) is 25.8 Å². The number of rotatable bonds is 4. The second-order valence-corrected chi connectivity index (χ2v) is 3.78. The predicted octanol–water partition coefficient (Wildman–Crippen LogP) is 1.80. The standard InChI is InChI=1S/C10H21NO/c1-3-5-11-8-10-4-6-12-9(2)7-10/h9-11H,3-8H2,1-2H3. The second kappa shape index (κ2) is 5.55. The Bertz CT molecular complexity index is 116. The predicted molar refractivity (Wildman–Crippen MR) is 51.3 cm³/mol. The largest absolute Gasteiger partial charge is 0.378 e. The van der Waals surface area contributed by atoms with Crippen molar-refractivity contribution in [2.45, 2.75) is 39.2 Å². The third kappa shape index (κ3) is 3.55. The molecule has 1 N–H and O–H groups in total. The van der Waals surface area contributed by atoms with Crippen LogP contribution < -0.4 is 5.32 Å². The van der Waals surface area contributed by atoms with E-state index in [1.807, 2.05) is 0 Å². The maximum absolute atomic E-state index is 5.49. The molecule has 72 valence electrons. The summed E-state index contributed by atoms with van der Waals surface area (Å²) in [5.74, 6) is 0.847. The van der Waals surface area contributed by atoms with E-state index in [-0.39, 0.29) is 0 Å². The minimum Gasteiger partial charge on any atom is -0.378 e. The lowest BCUT2D eigenvalue weighted by Gasteiger charge is -2.27. The lowest BCUT2D eigenvalue weighted by molar-refractivity contribution is 0.00299. The first-order valence-corrected chi connectivity index (χ1v) is 5.15. The van der Waals surface area contributed by atoms with Gasteiger partial charge in [0.2, 0.25) is 0 Å². The Morgan fingerprint density at radius 2 is 2.33 bits per heavy atom. The highest BCUT2D eigenvalue weighted by molar-refractivity contribution is 4.70. The van der Waals surface area contributed by atoms with Crippen molar-refractivity contribution < 1.29 is 4.74 Å². The molecule has 12 heavy (non-hydrogen) atoms. The lowest BCUT2D eigenvalue weighted by Crippen LogP contribution is -2.31. The molecule has 1 heterocycles. The highest BCUT2D eigenvalue weighted by Gasteiger charge is 2.18. The summed E-state index contributed by atoms with van der Waals surface area (Å²) in [5.41, 5.74) is 0. The smallest absolute Gasteiger partial charge is 0.0550 e. The van der Waals surface area contributed by atoms with Crippen molar-refractivity contribution in [2.75, 3.05) is 19.7 Å². The molecule has 0 amide bonds. The molecule has 0 saturated carbocycles. The molecular weight excluding hydrogens is 150 g/mol. The summed E-state index contributed by atoms with van der Waals surface area (Å²) in [5, 5.41) is 3.47. The van der Waals surface area contributed by atoms with Crippen molar-refractivity contribution in [1.29, 1.82) is 0 Å². The fraction of sp³-hybridized carbons (Fsp3) is 1.00. The van der Waals surface area contributed by atoms with Crippen LogP contribution in [0.2, 0.25) is 0 Å². The van der Waals surface area contributed by atoms with Gasteiger partial charge in [0, 0.05) is 6.61 Å². The fourth-order valence-electron chi connectivity index (χ4n) is 1.76. The second-order valence-electron chi connectivity index (χ2n) is 3.78. The van der Waals surface area contributed by atoms with E-state index in [2.05, 4.69) is 19.2 Å². The molecule has 1 rings (SSSR count). The summed E-state index contributed by atoms with van der Waals surface area (Å²) in [7, 11) is 0. The summed E-state index contributed by atoms with van der Waals surface area (Å²) < 4.78 is 5.49. The van der Waals surface area contributed by atoms with Gasteiger partial charge in [-0.05, 0) is 45.2 Å². The monoisotopic (exact) mass is 171 g/mol. The van der Waals surface area contributed by atoms with Gasteiger partial charge in [-0.3, -0.25) is 0 Å². The topological polar surface area (TPSA) is 21.3 Å². The summed E-state index contributed by atoms with van der Waals surface area (Å²) >= 11 is 0. The maximum atomic E-state index is 5.49. The van der Waals surface area contributed by atoms with Crippen molar-refractivity contribution >= 4 is 0 Å². The fourth-order valence-corrected chi connectivity index (χ4v) is 1.76. The number of nitrogens with one attached hydrogen (secondary N) is 1. The van der Waals surface area contributed by atoms with Gasteiger partial charge in [-0.25, -0.2) is 0 Å². The van der Waals surface area contributed by atoms with E-state index in [4.69, 9.17) is 4.74 Å². The third-order valence-corrected chi connectivity index (χ3v) is 2.45. The zero-order valence-electron chi connectivity index (χ0n) is 8.31. The lowest BCUT2D eigenvalue weighted by atomic mass is 9.96. The molecule has 0 aromatic carbocycles. The Morgan fingerprint density at radius 1 is 1.50 bits per heavy atom. The minimum absolute atomic E-state index is 0.479. The first kappa shape index (κ1) is 10.0. The molecule has 0 aromatic heterocycles. The molecule has 0 aromatic rings. The highest BCUT2D eigenvalue weighted by atomic mass is 16.5. The van der Waals surface area contributed by atoms with E-state index < -0.39 is 0 Å². The molecule has 0 bridgehead atoms. The van der Waals surface area contributed by atoms with Gasteiger partial charge >= 0.3 is 0 Å². The van der Waals surface area contributed by atoms with E-state index in [0.29, 0.717) is 6.10 Å². The molecule has 1 aliphatic rings. The van der Waals surface area contributed by atoms with Gasteiger partial charge in [-0.2, -0.15) is 0 Å². The van der Waals surface area contributed by atoms with Gasteiger partial charge in [-0.15, -0.1) is 0 Å². The van der Waals surface area contributed by atoms with Gasteiger partial charge in [0.05, 0.1) is 6.10 Å². The van der Waals surface area contributed by atoms with Crippen LogP contribution >= 0.6 is 0 Å². The van der Waals surface area contributed by atoms with Crippen LogP contribution in [-0.2, 0) is 4.74 Å². The van der Waals surface area contributed by atoms with Crippen LogP contribution in [0.3, 0.4) is 0 Å².